The largest absolute Gasteiger partial charge is 0.381 e. The molecule has 0 saturated carbocycles. The van der Waals surface area contributed by atoms with Crippen molar-refractivity contribution in [3.63, 3.8) is 0 Å². The number of nitrogens with zero attached hydrogens (tertiary/aromatic N) is 1. The second-order valence-corrected chi connectivity index (χ2v) is 1.99. The van der Waals surface area contributed by atoms with Gasteiger partial charge in [-0.05, 0) is 6.42 Å². The maximum Gasteiger partial charge on any atom is 0.0944 e. The molecule has 1 aliphatic rings. The van der Waals surface area contributed by atoms with Crippen molar-refractivity contribution < 1.29 is 4.74 Å². The van der Waals surface area contributed by atoms with Crippen LogP contribution < -0.4 is 0 Å². The molecule has 0 aromatic rings. The molecule has 1 rings (SSSR count). The Hall–Kier alpha value is -0.810. The smallest absolute Gasteiger partial charge is 0.0944 e. The Morgan fingerprint density at radius 3 is 3.22 bits per heavy atom. The van der Waals surface area contributed by atoms with Gasteiger partial charge in [-0.2, -0.15) is 5.26 Å². The minimum Gasteiger partial charge on any atom is -0.381 e. The molecule has 1 aliphatic heterocycles. The van der Waals surface area contributed by atoms with Gasteiger partial charge in [-0.3, -0.25) is 0 Å². The van der Waals surface area contributed by atoms with Gasteiger partial charge in [0, 0.05) is 12.0 Å². The van der Waals surface area contributed by atoms with Gasteiger partial charge in [0.1, 0.15) is 0 Å². The summed E-state index contributed by atoms with van der Waals surface area (Å²) in [7, 11) is 0. The maximum atomic E-state index is 8.44. The second-order valence-electron chi connectivity index (χ2n) is 1.99. The maximum absolute atomic E-state index is 8.44. The van der Waals surface area contributed by atoms with E-state index in [1.807, 2.05) is 6.08 Å². The van der Waals surface area contributed by atoms with E-state index in [0.29, 0.717) is 6.61 Å². The predicted molar refractivity (Wildman–Crippen MR) is 33.7 cm³/mol. The van der Waals surface area contributed by atoms with E-state index in [-0.39, 0.29) is 0 Å². The highest BCUT2D eigenvalue weighted by atomic mass is 16.5. The van der Waals surface area contributed by atoms with Crippen LogP contribution >= 0.6 is 0 Å². The Kier molecular flexibility index (Phi) is 2.29. The fourth-order valence-corrected chi connectivity index (χ4v) is 0.804. The number of ether oxygens (including phenoxy) is 1. The number of nitriles is 1. The molecule has 2 heteroatoms. The lowest BCUT2D eigenvalue weighted by Gasteiger charge is -1.93. The standard InChI is InChI=1S/C7H9NO/c8-6-7-2-1-4-9-5-3-7/h2H,1,3-5H2. The Morgan fingerprint density at radius 1 is 1.56 bits per heavy atom. The van der Waals surface area contributed by atoms with Crippen molar-refractivity contribution in [3.8, 4) is 6.07 Å². The van der Waals surface area contributed by atoms with Gasteiger partial charge >= 0.3 is 0 Å². The van der Waals surface area contributed by atoms with Crippen molar-refractivity contribution in [2.75, 3.05) is 13.2 Å². The molecule has 2 nitrogen and oxygen atoms in total. The van der Waals surface area contributed by atoms with E-state index in [2.05, 4.69) is 6.07 Å². The summed E-state index contributed by atoms with van der Waals surface area (Å²) >= 11 is 0. The zero-order valence-electron chi connectivity index (χ0n) is 5.26. The zero-order valence-corrected chi connectivity index (χ0v) is 5.26. The van der Waals surface area contributed by atoms with E-state index in [1.54, 1.807) is 0 Å². The molecule has 0 unspecified atom stereocenters. The van der Waals surface area contributed by atoms with Gasteiger partial charge in [0.15, 0.2) is 0 Å². The SMILES string of the molecule is N#CC1=CCCOCC1. The predicted octanol–water partition coefficient (Wildman–Crippen LogP) is 1.25. The summed E-state index contributed by atoms with van der Waals surface area (Å²) < 4.78 is 5.12. The van der Waals surface area contributed by atoms with Crippen LogP contribution in [0.5, 0.6) is 0 Å². The molecule has 0 radical (unpaired) electrons. The van der Waals surface area contributed by atoms with Gasteiger partial charge in [-0.1, -0.05) is 6.08 Å². The van der Waals surface area contributed by atoms with E-state index in [9.17, 15) is 0 Å². The molecule has 0 atom stereocenters. The van der Waals surface area contributed by atoms with Gasteiger partial charge in [0.25, 0.3) is 0 Å². The van der Waals surface area contributed by atoms with Crippen LogP contribution in [0.2, 0.25) is 0 Å². The van der Waals surface area contributed by atoms with Gasteiger partial charge in [0.2, 0.25) is 0 Å². The highest BCUT2D eigenvalue weighted by Gasteiger charge is 1.99. The van der Waals surface area contributed by atoms with E-state index >= 15 is 0 Å². The van der Waals surface area contributed by atoms with E-state index in [1.165, 1.54) is 0 Å². The first kappa shape index (κ1) is 6.31. The number of hydrogen-bond donors (Lipinski definition) is 0. The topological polar surface area (TPSA) is 33.0 Å². The van der Waals surface area contributed by atoms with Gasteiger partial charge in [-0.15, -0.1) is 0 Å². The summed E-state index contributed by atoms with van der Waals surface area (Å²) in [6.07, 6.45) is 3.63. The molecular formula is C7H9NO. The molecule has 48 valence electrons. The van der Waals surface area contributed by atoms with Crippen LogP contribution in [0.3, 0.4) is 0 Å². The van der Waals surface area contributed by atoms with Crippen molar-refractivity contribution in [3.05, 3.63) is 11.6 Å². The second kappa shape index (κ2) is 3.26. The summed E-state index contributed by atoms with van der Waals surface area (Å²) in [6.45, 7) is 1.48. The Labute approximate surface area is 54.7 Å². The van der Waals surface area contributed by atoms with Crippen LogP contribution in [0.15, 0.2) is 11.6 Å². The zero-order chi connectivity index (χ0) is 6.53. The van der Waals surface area contributed by atoms with Crippen LogP contribution in [-0.2, 0) is 4.74 Å². The Balaban J connectivity index is 2.49. The minimum absolute atomic E-state index is 0.708. The van der Waals surface area contributed by atoms with Crippen molar-refractivity contribution >= 4 is 0 Å². The molecule has 0 amide bonds. The average Bonchev–Trinajstić information content (AvgIpc) is 2.13. The summed E-state index contributed by atoms with van der Waals surface area (Å²) in [5, 5.41) is 8.44. The average molecular weight is 123 g/mol. The first-order valence-electron chi connectivity index (χ1n) is 3.10. The summed E-state index contributed by atoms with van der Waals surface area (Å²) in [6, 6.07) is 2.12. The first-order chi connectivity index (χ1) is 4.43. The fraction of sp³-hybridized carbons (Fsp3) is 0.571. The fourth-order valence-electron chi connectivity index (χ4n) is 0.804. The third-order valence-electron chi connectivity index (χ3n) is 1.31. The van der Waals surface area contributed by atoms with Crippen molar-refractivity contribution in [2.45, 2.75) is 12.8 Å². The summed E-state index contributed by atoms with van der Waals surface area (Å²) in [4.78, 5) is 0. The minimum atomic E-state index is 0.708. The van der Waals surface area contributed by atoms with E-state index in [0.717, 1.165) is 25.0 Å². The van der Waals surface area contributed by atoms with Crippen LogP contribution in [0.25, 0.3) is 0 Å². The van der Waals surface area contributed by atoms with Crippen LogP contribution in [-0.4, -0.2) is 13.2 Å². The molecule has 0 fully saturated rings. The lowest BCUT2D eigenvalue weighted by molar-refractivity contribution is 0.147. The molecule has 0 aromatic heterocycles. The monoisotopic (exact) mass is 123 g/mol. The van der Waals surface area contributed by atoms with Crippen molar-refractivity contribution in [1.29, 1.82) is 5.26 Å². The highest BCUT2D eigenvalue weighted by Crippen LogP contribution is 2.05. The van der Waals surface area contributed by atoms with Crippen LogP contribution in [0.1, 0.15) is 12.8 Å². The van der Waals surface area contributed by atoms with Gasteiger partial charge < -0.3 is 4.74 Å². The Morgan fingerprint density at radius 2 is 2.44 bits per heavy atom. The number of rotatable bonds is 0. The van der Waals surface area contributed by atoms with E-state index in [4.69, 9.17) is 10.00 Å². The van der Waals surface area contributed by atoms with Crippen LogP contribution in [0, 0.1) is 11.3 Å². The molecule has 0 bridgehead atoms. The molecule has 1 heterocycles. The molecular weight excluding hydrogens is 114 g/mol. The summed E-state index contributed by atoms with van der Waals surface area (Å²) in [5.41, 5.74) is 0.868. The lowest BCUT2D eigenvalue weighted by atomic mass is 10.2. The molecule has 0 N–H and O–H groups in total. The van der Waals surface area contributed by atoms with Gasteiger partial charge in [-0.25, -0.2) is 0 Å². The molecule has 9 heavy (non-hydrogen) atoms. The van der Waals surface area contributed by atoms with Crippen LogP contribution in [0.4, 0.5) is 0 Å². The number of hydrogen-bond acceptors (Lipinski definition) is 2. The highest BCUT2D eigenvalue weighted by molar-refractivity contribution is 5.20. The van der Waals surface area contributed by atoms with Gasteiger partial charge in [0.05, 0.1) is 19.3 Å². The molecule has 0 aliphatic carbocycles. The Bertz CT molecular complexity index is 155. The summed E-state index contributed by atoms with van der Waals surface area (Å²) in [5.74, 6) is 0. The quantitative estimate of drug-likeness (QED) is 0.485. The molecule has 0 spiro atoms. The van der Waals surface area contributed by atoms with Crippen molar-refractivity contribution in [2.24, 2.45) is 0 Å². The third kappa shape index (κ3) is 1.87. The molecule has 0 aromatic carbocycles. The first-order valence-corrected chi connectivity index (χ1v) is 3.10. The van der Waals surface area contributed by atoms with Crippen molar-refractivity contribution in [1.82, 2.24) is 0 Å². The lowest BCUT2D eigenvalue weighted by Crippen LogP contribution is -1.91. The molecule has 0 saturated heterocycles. The third-order valence-corrected chi connectivity index (χ3v) is 1.31. The normalized spacial score (nSPS) is 19.7. The van der Waals surface area contributed by atoms with E-state index < -0.39 is 0 Å².